The average Bonchev–Trinajstić information content (AvgIpc) is 2.55. The van der Waals surface area contributed by atoms with Gasteiger partial charge < -0.3 is 49.6 Å². The number of ether oxygens (including phenoxy) is 4. The van der Waals surface area contributed by atoms with Crippen LogP contribution in [-0.2, 0) is 18.9 Å². The second-order valence-corrected chi connectivity index (χ2v) is 5.72. The van der Waals surface area contributed by atoms with Gasteiger partial charge >= 0.3 is 0 Å². The Morgan fingerprint density at radius 3 is 2.04 bits per heavy atom. The number of aliphatic hydroxyl groups is 6. The molecule has 10 atom stereocenters. The molecule has 136 valence electrons. The van der Waals surface area contributed by atoms with E-state index in [2.05, 4.69) is 0 Å². The first-order valence-corrected chi connectivity index (χ1v) is 7.32. The zero-order chi connectivity index (χ0) is 17.3. The first-order chi connectivity index (χ1) is 10.8. The Morgan fingerprint density at radius 1 is 0.826 bits per heavy atom. The van der Waals surface area contributed by atoms with Gasteiger partial charge in [0.05, 0.1) is 12.7 Å². The highest BCUT2D eigenvalue weighted by molar-refractivity contribution is 4.92. The molecule has 2 unspecified atom stereocenters. The van der Waals surface area contributed by atoms with E-state index in [1.807, 2.05) is 0 Å². The van der Waals surface area contributed by atoms with Gasteiger partial charge in [-0.1, -0.05) is 0 Å². The van der Waals surface area contributed by atoms with E-state index in [4.69, 9.17) is 24.1 Å². The molecule has 0 radical (unpaired) electrons. The molecule has 10 heteroatoms. The normalized spacial score (nSPS) is 51.7. The summed E-state index contributed by atoms with van der Waals surface area (Å²) in [5, 5.41) is 58.6. The van der Waals surface area contributed by atoms with Gasteiger partial charge in [-0.2, -0.15) is 0 Å². The fourth-order valence-corrected chi connectivity index (χ4v) is 2.67. The van der Waals surface area contributed by atoms with Crippen LogP contribution in [0.2, 0.25) is 0 Å². The number of rotatable bonds is 4. The Hall–Kier alpha value is -0.400. The first kappa shape index (κ1) is 18.9. The Bertz CT molecular complexity index is 378. The van der Waals surface area contributed by atoms with E-state index < -0.39 is 68.0 Å². The molecule has 0 aliphatic carbocycles. The summed E-state index contributed by atoms with van der Waals surface area (Å²) in [6.45, 7) is 0.936. The van der Waals surface area contributed by atoms with E-state index in [9.17, 15) is 25.5 Å². The van der Waals surface area contributed by atoms with Crippen LogP contribution in [0.15, 0.2) is 0 Å². The van der Waals surface area contributed by atoms with Crippen LogP contribution in [-0.4, -0.2) is 106 Å². The largest absolute Gasteiger partial charge is 0.394 e. The van der Waals surface area contributed by atoms with E-state index in [1.54, 1.807) is 6.92 Å². The summed E-state index contributed by atoms with van der Waals surface area (Å²) >= 11 is 0. The molecule has 6 N–H and O–H groups in total. The van der Waals surface area contributed by atoms with E-state index in [0.29, 0.717) is 0 Å². The van der Waals surface area contributed by atoms with Crippen molar-refractivity contribution >= 4 is 0 Å². The van der Waals surface area contributed by atoms with Gasteiger partial charge in [0.25, 0.3) is 0 Å². The van der Waals surface area contributed by atoms with Gasteiger partial charge in [-0.3, -0.25) is 0 Å². The molecule has 0 aromatic carbocycles. The quantitative estimate of drug-likeness (QED) is 0.300. The third kappa shape index (κ3) is 3.66. The molecule has 2 rings (SSSR count). The zero-order valence-corrected chi connectivity index (χ0v) is 12.8. The highest BCUT2D eigenvalue weighted by Gasteiger charge is 2.49. The molecule has 2 heterocycles. The molecule has 0 aromatic rings. The highest BCUT2D eigenvalue weighted by atomic mass is 16.8. The summed E-state index contributed by atoms with van der Waals surface area (Å²) in [6.07, 6.45) is -13.0. The molecular weight excluding hydrogens is 316 g/mol. The van der Waals surface area contributed by atoms with E-state index in [0.717, 1.165) is 0 Å². The maximum atomic E-state index is 10.1. The van der Waals surface area contributed by atoms with E-state index in [-0.39, 0.29) is 0 Å². The first-order valence-electron chi connectivity index (χ1n) is 7.32. The van der Waals surface area contributed by atoms with Crippen LogP contribution in [0.25, 0.3) is 0 Å². The van der Waals surface area contributed by atoms with Crippen molar-refractivity contribution in [3.63, 3.8) is 0 Å². The second kappa shape index (κ2) is 7.66. The maximum Gasteiger partial charge on any atom is 0.187 e. The number of methoxy groups -OCH3 is 1. The topological polar surface area (TPSA) is 158 Å². The molecule has 0 saturated carbocycles. The minimum Gasteiger partial charge on any atom is -0.394 e. The van der Waals surface area contributed by atoms with Crippen molar-refractivity contribution in [2.45, 2.75) is 68.3 Å². The molecule has 23 heavy (non-hydrogen) atoms. The Morgan fingerprint density at radius 2 is 1.48 bits per heavy atom. The van der Waals surface area contributed by atoms with E-state index >= 15 is 0 Å². The smallest absolute Gasteiger partial charge is 0.187 e. The zero-order valence-electron chi connectivity index (χ0n) is 12.8. The van der Waals surface area contributed by atoms with Crippen LogP contribution in [0.4, 0.5) is 0 Å². The molecule has 2 fully saturated rings. The third-order valence-corrected chi connectivity index (χ3v) is 4.16. The van der Waals surface area contributed by atoms with Gasteiger partial charge in [0.1, 0.15) is 42.7 Å². The standard InChI is InChI=1S/C13H24O10/c1-4-6(15)9(18)11(13(20-2)21-4)23-12-10(19)8(17)7(16)5(3-14)22-12/h4-19H,3H2,1-2H3/t4-,5-,6-,7-,8+,9+,10+,11+,12?,13?/m1/s1. The van der Waals surface area contributed by atoms with Crippen LogP contribution in [0, 0.1) is 0 Å². The molecule has 10 nitrogen and oxygen atoms in total. The van der Waals surface area contributed by atoms with Gasteiger partial charge in [0.15, 0.2) is 12.6 Å². The highest BCUT2D eigenvalue weighted by Crippen LogP contribution is 2.29. The fourth-order valence-electron chi connectivity index (χ4n) is 2.67. The molecule has 2 saturated heterocycles. The van der Waals surface area contributed by atoms with Gasteiger partial charge in [-0.25, -0.2) is 0 Å². The number of hydrogen-bond donors (Lipinski definition) is 6. The van der Waals surface area contributed by atoms with Crippen molar-refractivity contribution in [1.29, 1.82) is 0 Å². The lowest BCUT2D eigenvalue weighted by Gasteiger charge is -2.45. The minimum atomic E-state index is -1.63. The fraction of sp³-hybridized carbons (Fsp3) is 1.00. The average molecular weight is 340 g/mol. The van der Waals surface area contributed by atoms with Gasteiger partial charge in [0.2, 0.25) is 0 Å². The van der Waals surface area contributed by atoms with Crippen LogP contribution in [0.1, 0.15) is 6.92 Å². The van der Waals surface area contributed by atoms with E-state index in [1.165, 1.54) is 7.11 Å². The lowest BCUT2D eigenvalue weighted by molar-refractivity contribution is -0.362. The Balaban J connectivity index is 2.11. The van der Waals surface area contributed by atoms with Gasteiger partial charge in [0, 0.05) is 7.11 Å². The monoisotopic (exact) mass is 340 g/mol. The molecule has 0 aromatic heterocycles. The summed E-state index contributed by atoms with van der Waals surface area (Å²) in [4.78, 5) is 0. The molecule has 2 aliphatic heterocycles. The summed E-state index contributed by atoms with van der Waals surface area (Å²) in [5.41, 5.74) is 0. The molecule has 2 aliphatic rings. The van der Waals surface area contributed by atoms with Crippen molar-refractivity contribution < 1.29 is 49.6 Å². The summed E-state index contributed by atoms with van der Waals surface area (Å²) in [7, 11) is 1.31. The van der Waals surface area contributed by atoms with Crippen molar-refractivity contribution in [1.82, 2.24) is 0 Å². The van der Waals surface area contributed by atoms with Crippen molar-refractivity contribution in [3.8, 4) is 0 Å². The minimum absolute atomic E-state index is 0.609. The molecule has 0 bridgehead atoms. The maximum absolute atomic E-state index is 10.1. The molecule has 0 amide bonds. The van der Waals surface area contributed by atoms with Crippen LogP contribution in [0.5, 0.6) is 0 Å². The summed E-state index contributed by atoms with van der Waals surface area (Å²) in [6, 6.07) is 0. The number of aliphatic hydroxyl groups excluding tert-OH is 6. The Labute approximate surface area is 132 Å². The number of hydrogen-bond acceptors (Lipinski definition) is 10. The van der Waals surface area contributed by atoms with Crippen LogP contribution >= 0.6 is 0 Å². The van der Waals surface area contributed by atoms with Crippen molar-refractivity contribution in [2.75, 3.05) is 13.7 Å². The lowest BCUT2D eigenvalue weighted by atomic mass is 9.97. The predicted molar refractivity (Wildman–Crippen MR) is 72.0 cm³/mol. The Kier molecular flexibility index (Phi) is 6.30. The second-order valence-electron chi connectivity index (χ2n) is 5.72. The van der Waals surface area contributed by atoms with Crippen molar-refractivity contribution in [2.24, 2.45) is 0 Å². The third-order valence-electron chi connectivity index (χ3n) is 4.16. The van der Waals surface area contributed by atoms with Gasteiger partial charge in [-0.15, -0.1) is 0 Å². The van der Waals surface area contributed by atoms with Gasteiger partial charge in [-0.05, 0) is 6.92 Å². The molecule has 0 spiro atoms. The molecular formula is C13H24O10. The van der Waals surface area contributed by atoms with Crippen molar-refractivity contribution in [3.05, 3.63) is 0 Å². The predicted octanol–water partition coefficient (Wildman–Crippen LogP) is -3.72. The van der Waals surface area contributed by atoms with Crippen LogP contribution in [0.3, 0.4) is 0 Å². The lowest BCUT2D eigenvalue weighted by Crippen LogP contribution is -2.63. The SMILES string of the molecule is COC1O[C@H](C)[C@@H](O)[C@H](O)[C@@H]1OC1O[C@H](CO)[C@@H](O)[C@H](O)[C@@H]1O. The van der Waals surface area contributed by atoms with Crippen LogP contribution < -0.4 is 0 Å². The summed E-state index contributed by atoms with van der Waals surface area (Å²) in [5.74, 6) is 0. The summed E-state index contributed by atoms with van der Waals surface area (Å²) < 4.78 is 21.0.